The molecule has 1 atom stereocenters. The van der Waals surface area contributed by atoms with Crippen molar-refractivity contribution in [1.29, 1.82) is 0 Å². The average Bonchev–Trinajstić information content (AvgIpc) is 2.82. The van der Waals surface area contributed by atoms with E-state index in [9.17, 15) is 4.79 Å². The van der Waals surface area contributed by atoms with Crippen molar-refractivity contribution in [2.45, 2.75) is 19.5 Å². The third-order valence-corrected chi connectivity index (χ3v) is 2.36. The van der Waals surface area contributed by atoms with Crippen LogP contribution in [0.1, 0.15) is 18.5 Å². The summed E-state index contributed by atoms with van der Waals surface area (Å²) >= 11 is 0. The number of nitrogens with zero attached hydrogens (tertiary/aromatic N) is 4. The fourth-order valence-corrected chi connectivity index (χ4v) is 1.48. The highest BCUT2D eigenvalue weighted by molar-refractivity contribution is 5.76. The van der Waals surface area contributed by atoms with Crippen molar-refractivity contribution in [3.05, 3.63) is 42.7 Å². The number of nitrogens with one attached hydrogen (secondary N) is 1. The molecule has 0 aliphatic carbocycles. The van der Waals surface area contributed by atoms with Gasteiger partial charge in [0.1, 0.15) is 19.2 Å². The minimum absolute atomic E-state index is 0.0472. The summed E-state index contributed by atoms with van der Waals surface area (Å²) in [6, 6.07) is 3.70. The Balaban J connectivity index is 1.91. The Morgan fingerprint density at radius 2 is 2.18 bits per heavy atom. The van der Waals surface area contributed by atoms with Crippen LogP contribution in [0.5, 0.6) is 0 Å². The van der Waals surface area contributed by atoms with Crippen molar-refractivity contribution in [2.24, 2.45) is 0 Å². The monoisotopic (exact) mass is 231 g/mol. The molecule has 0 aromatic carbocycles. The van der Waals surface area contributed by atoms with E-state index in [1.165, 1.54) is 17.3 Å². The molecular weight excluding hydrogens is 218 g/mol. The normalized spacial score (nSPS) is 12.1. The van der Waals surface area contributed by atoms with Gasteiger partial charge in [0.05, 0.1) is 6.04 Å². The van der Waals surface area contributed by atoms with Crippen LogP contribution < -0.4 is 5.32 Å². The maximum absolute atomic E-state index is 11.7. The summed E-state index contributed by atoms with van der Waals surface area (Å²) in [5, 5.41) is 6.75. The minimum Gasteiger partial charge on any atom is -0.348 e. The molecule has 6 nitrogen and oxygen atoms in total. The zero-order valence-corrected chi connectivity index (χ0v) is 9.45. The van der Waals surface area contributed by atoms with Crippen molar-refractivity contribution in [2.75, 3.05) is 0 Å². The lowest BCUT2D eigenvalue weighted by Gasteiger charge is -2.13. The summed E-state index contributed by atoms with van der Waals surface area (Å²) in [6.07, 6.45) is 6.32. The molecule has 1 N–H and O–H groups in total. The number of aromatic nitrogens is 4. The second-order valence-corrected chi connectivity index (χ2v) is 3.66. The average molecular weight is 231 g/mol. The van der Waals surface area contributed by atoms with Crippen LogP contribution in [0.3, 0.4) is 0 Å². The third kappa shape index (κ3) is 3.10. The summed E-state index contributed by atoms with van der Waals surface area (Å²) in [5.41, 5.74) is 1.02. The lowest BCUT2D eigenvalue weighted by Crippen LogP contribution is -2.30. The molecule has 2 heterocycles. The number of rotatable bonds is 4. The summed E-state index contributed by atoms with van der Waals surface area (Å²) in [7, 11) is 0. The maximum Gasteiger partial charge on any atom is 0.242 e. The van der Waals surface area contributed by atoms with Crippen LogP contribution in [0.2, 0.25) is 0 Å². The van der Waals surface area contributed by atoms with Gasteiger partial charge in [-0.25, -0.2) is 9.67 Å². The molecule has 2 rings (SSSR count). The second-order valence-electron chi connectivity index (χ2n) is 3.66. The number of carbonyl (C=O) groups is 1. The Kier molecular flexibility index (Phi) is 3.44. The van der Waals surface area contributed by atoms with E-state index in [4.69, 9.17) is 0 Å². The number of amides is 1. The van der Waals surface area contributed by atoms with Crippen LogP contribution in [0.15, 0.2) is 37.2 Å². The van der Waals surface area contributed by atoms with Gasteiger partial charge in [0.2, 0.25) is 5.91 Å². The quantitative estimate of drug-likeness (QED) is 0.834. The minimum atomic E-state index is -0.0974. The molecule has 0 saturated heterocycles. The molecule has 0 fully saturated rings. The van der Waals surface area contributed by atoms with Gasteiger partial charge in [0.15, 0.2) is 0 Å². The SMILES string of the molecule is C[C@@H](NC(=O)Cn1cncn1)c1ccncc1. The van der Waals surface area contributed by atoms with Gasteiger partial charge in [-0.15, -0.1) is 0 Å². The molecule has 2 aromatic rings. The number of hydrogen-bond acceptors (Lipinski definition) is 4. The first-order valence-corrected chi connectivity index (χ1v) is 5.27. The lowest BCUT2D eigenvalue weighted by atomic mass is 10.1. The molecule has 1 amide bonds. The van der Waals surface area contributed by atoms with Crippen molar-refractivity contribution < 1.29 is 4.79 Å². The van der Waals surface area contributed by atoms with Gasteiger partial charge in [-0.2, -0.15) is 5.10 Å². The third-order valence-electron chi connectivity index (χ3n) is 2.36. The van der Waals surface area contributed by atoms with E-state index in [2.05, 4.69) is 20.4 Å². The first-order valence-electron chi connectivity index (χ1n) is 5.27. The van der Waals surface area contributed by atoms with Gasteiger partial charge in [0, 0.05) is 12.4 Å². The Labute approximate surface area is 98.7 Å². The van der Waals surface area contributed by atoms with Crippen LogP contribution in [-0.4, -0.2) is 25.7 Å². The molecule has 2 aromatic heterocycles. The van der Waals surface area contributed by atoms with Crippen molar-refractivity contribution in [3.8, 4) is 0 Å². The highest BCUT2D eigenvalue weighted by Gasteiger charge is 2.09. The summed E-state index contributed by atoms with van der Waals surface area (Å²) in [6.45, 7) is 2.10. The molecule has 0 bridgehead atoms. The molecule has 0 spiro atoms. The van der Waals surface area contributed by atoms with Crippen LogP contribution in [0.4, 0.5) is 0 Å². The highest BCUT2D eigenvalue weighted by atomic mass is 16.2. The van der Waals surface area contributed by atoms with E-state index in [1.54, 1.807) is 12.4 Å². The van der Waals surface area contributed by atoms with Gasteiger partial charge in [0.25, 0.3) is 0 Å². The van der Waals surface area contributed by atoms with E-state index in [1.807, 2.05) is 19.1 Å². The van der Waals surface area contributed by atoms with Crippen molar-refractivity contribution in [1.82, 2.24) is 25.1 Å². The Hall–Kier alpha value is -2.24. The van der Waals surface area contributed by atoms with Crippen LogP contribution in [0, 0.1) is 0 Å². The standard InChI is InChI=1S/C11H13N5O/c1-9(10-2-4-12-5-3-10)15-11(17)6-16-8-13-7-14-16/h2-5,7-9H,6H2,1H3,(H,15,17)/t9-/m1/s1. The molecule has 0 unspecified atom stereocenters. The predicted molar refractivity (Wildman–Crippen MR) is 60.8 cm³/mol. The first kappa shape index (κ1) is 11.3. The van der Waals surface area contributed by atoms with Crippen LogP contribution in [-0.2, 0) is 11.3 Å². The van der Waals surface area contributed by atoms with Gasteiger partial charge < -0.3 is 5.32 Å². The highest BCUT2D eigenvalue weighted by Crippen LogP contribution is 2.09. The molecular formula is C11H13N5O. The van der Waals surface area contributed by atoms with Crippen LogP contribution in [0.25, 0.3) is 0 Å². The Morgan fingerprint density at radius 1 is 1.41 bits per heavy atom. The molecule has 0 aliphatic rings. The van der Waals surface area contributed by atoms with E-state index in [0.29, 0.717) is 0 Å². The summed E-state index contributed by atoms with van der Waals surface area (Å²) in [4.78, 5) is 19.4. The van der Waals surface area contributed by atoms with E-state index in [0.717, 1.165) is 5.56 Å². The first-order chi connectivity index (χ1) is 8.25. The van der Waals surface area contributed by atoms with Crippen LogP contribution >= 0.6 is 0 Å². The molecule has 17 heavy (non-hydrogen) atoms. The van der Waals surface area contributed by atoms with Gasteiger partial charge in [-0.1, -0.05) is 0 Å². The van der Waals surface area contributed by atoms with Crippen molar-refractivity contribution in [3.63, 3.8) is 0 Å². The Morgan fingerprint density at radius 3 is 2.82 bits per heavy atom. The molecule has 0 aliphatic heterocycles. The van der Waals surface area contributed by atoms with E-state index < -0.39 is 0 Å². The van der Waals surface area contributed by atoms with E-state index >= 15 is 0 Å². The fraction of sp³-hybridized carbons (Fsp3) is 0.273. The van der Waals surface area contributed by atoms with Gasteiger partial charge >= 0.3 is 0 Å². The van der Waals surface area contributed by atoms with Gasteiger partial charge in [-0.05, 0) is 24.6 Å². The lowest BCUT2D eigenvalue weighted by molar-refractivity contribution is -0.122. The molecule has 0 saturated carbocycles. The van der Waals surface area contributed by atoms with Crippen molar-refractivity contribution >= 4 is 5.91 Å². The molecule has 88 valence electrons. The molecule has 0 radical (unpaired) electrons. The number of pyridine rings is 1. The second kappa shape index (κ2) is 5.20. The summed E-state index contributed by atoms with van der Waals surface area (Å²) in [5.74, 6) is -0.0974. The maximum atomic E-state index is 11.7. The Bertz CT molecular complexity index is 468. The number of carbonyl (C=O) groups excluding carboxylic acids is 1. The zero-order valence-electron chi connectivity index (χ0n) is 9.45. The summed E-state index contributed by atoms with van der Waals surface area (Å²) < 4.78 is 1.48. The molecule has 6 heteroatoms. The fourth-order valence-electron chi connectivity index (χ4n) is 1.48. The smallest absolute Gasteiger partial charge is 0.242 e. The van der Waals surface area contributed by atoms with Gasteiger partial charge in [-0.3, -0.25) is 9.78 Å². The predicted octanol–water partition coefficient (Wildman–Crippen LogP) is 0.550. The topological polar surface area (TPSA) is 72.7 Å². The zero-order chi connectivity index (χ0) is 12.1. The largest absolute Gasteiger partial charge is 0.348 e. The number of hydrogen-bond donors (Lipinski definition) is 1. The van der Waals surface area contributed by atoms with E-state index in [-0.39, 0.29) is 18.5 Å².